The number of nitrogens with one attached hydrogen (secondary N) is 1. The largest absolute Gasteiger partial charge is 0.493 e. The van der Waals surface area contributed by atoms with Crippen molar-refractivity contribution in [3.05, 3.63) is 70.4 Å². The van der Waals surface area contributed by atoms with E-state index in [1.807, 2.05) is 18.2 Å². The topological polar surface area (TPSA) is 84.3 Å². The number of fused-ring (bicyclic) bond motifs is 1. The highest BCUT2D eigenvalue weighted by Crippen LogP contribution is 2.47. The van der Waals surface area contributed by atoms with Crippen molar-refractivity contribution in [3.63, 3.8) is 0 Å². The number of benzene rings is 2. The first-order valence-electron chi connectivity index (χ1n) is 13.4. The predicted octanol–water partition coefficient (Wildman–Crippen LogP) is 6.23. The number of aliphatic hydroxyl groups is 1. The summed E-state index contributed by atoms with van der Waals surface area (Å²) in [7, 11) is 0. The molecule has 6 nitrogen and oxygen atoms in total. The lowest BCUT2D eigenvalue weighted by Gasteiger charge is -2.20. The molecule has 38 heavy (non-hydrogen) atoms. The summed E-state index contributed by atoms with van der Waals surface area (Å²) in [4.78, 5) is 20.6. The van der Waals surface area contributed by atoms with Gasteiger partial charge in [0.25, 0.3) is 0 Å². The molecule has 1 fully saturated rings. The predicted molar refractivity (Wildman–Crippen MR) is 146 cm³/mol. The number of carbonyl (C=O) groups excluding carboxylic acids is 1. The molecule has 0 saturated heterocycles. The van der Waals surface area contributed by atoms with Gasteiger partial charge in [0.05, 0.1) is 36.3 Å². The fourth-order valence-corrected chi connectivity index (χ4v) is 5.70. The van der Waals surface area contributed by atoms with Crippen LogP contribution in [-0.2, 0) is 11.2 Å². The summed E-state index contributed by atoms with van der Waals surface area (Å²) in [6.45, 7) is 9.71. The van der Waals surface area contributed by atoms with Gasteiger partial charge in [0.1, 0.15) is 23.2 Å². The second-order valence-electron chi connectivity index (χ2n) is 11.5. The lowest BCUT2D eigenvalue weighted by atomic mass is 9.90. The number of rotatable bonds is 9. The van der Waals surface area contributed by atoms with Crippen LogP contribution < -0.4 is 10.1 Å². The second-order valence-corrected chi connectivity index (χ2v) is 11.5. The third-order valence-corrected chi connectivity index (χ3v) is 7.78. The quantitative estimate of drug-likeness (QED) is 0.350. The summed E-state index contributed by atoms with van der Waals surface area (Å²) in [6.07, 6.45) is 6.33. The maximum Gasteiger partial charge on any atom is 0.144 e. The van der Waals surface area contributed by atoms with Gasteiger partial charge in [-0.3, -0.25) is 9.78 Å². The molecule has 1 saturated carbocycles. The molecule has 0 amide bonds. The first-order chi connectivity index (χ1) is 18.0. The van der Waals surface area contributed by atoms with Gasteiger partial charge in [-0.25, -0.2) is 9.37 Å². The van der Waals surface area contributed by atoms with Crippen molar-refractivity contribution in [2.45, 2.75) is 77.9 Å². The van der Waals surface area contributed by atoms with Gasteiger partial charge in [0.15, 0.2) is 0 Å². The van der Waals surface area contributed by atoms with Gasteiger partial charge < -0.3 is 15.2 Å². The molecule has 2 aromatic carbocycles. The maximum atomic E-state index is 15.2. The van der Waals surface area contributed by atoms with Gasteiger partial charge in [0.2, 0.25) is 0 Å². The van der Waals surface area contributed by atoms with Crippen LogP contribution in [0, 0.1) is 25.6 Å². The zero-order valence-electron chi connectivity index (χ0n) is 22.8. The van der Waals surface area contributed by atoms with E-state index >= 15 is 4.39 Å². The molecule has 2 aliphatic carbocycles. The Bertz CT molecular complexity index is 1340. The van der Waals surface area contributed by atoms with Crippen LogP contribution in [0.1, 0.15) is 79.9 Å². The molecule has 1 aromatic heterocycles. The average Bonchev–Trinajstić information content (AvgIpc) is 3.54. The normalized spacial score (nSPS) is 20.2. The van der Waals surface area contributed by atoms with E-state index in [9.17, 15) is 9.90 Å². The average molecular weight is 518 g/mol. The number of nitrogens with zero attached hydrogens (tertiary/aromatic N) is 2. The summed E-state index contributed by atoms with van der Waals surface area (Å²) >= 11 is 0. The molecule has 3 atom stereocenters. The van der Waals surface area contributed by atoms with Gasteiger partial charge in [-0.05, 0) is 99.9 Å². The minimum atomic E-state index is -0.771. The van der Waals surface area contributed by atoms with Gasteiger partial charge >= 0.3 is 0 Å². The van der Waals surface area contributed by atoms with Crippen LogP contribution in [0.25, 0.3) is 11.1 Å². The number of anilines is 1. The molecule has 0 aliphatic heterocycles. The van der Waals surface area contributed by atoms with Crippen molar-refractivity contribution in [1.29, 1.82) is 0 Å². The molecule has 0 unspecified atom stereocenters. The van der Waals surface area contributed by atoms with E-state index in [-0.39, 0.29) is 29.5 Å². The van der Waals surface area contributed by atoms with E-state index in [1.54, 1.807) is 39.2 Å². The fourth-order valence-electron chi connectivity index (χ4n) is 5.70. The SMILES string of the molecule is CC(=O)[C@H]1C[C@@H]1c1cnc(N[C@@H]2CCc3c(-c4c(C)cc(OCCC(C)(C)O)cc4C)ccc(F)c32)cn1. The van der Waals surface area contributed by atoms with Crippen LogP contribution in [0.3, 0.4) is 0 Å². The zero-order chi connectivity index (χ0) is 27.2. The zero-order valence-corrected chi connectivity index (χ0v) is 22.8. The molecular formula is C31H36FN3O3. The Morgan fingerprint density at radius 1 is 1.18 bits per heavy atom. The van der Waals surface area contributed by atoms with Gasteiger partial charge in [-0.2, -0.15) is 0 Å². The van der Waals surface area contributed by atoms with E-state index in [1.165, 1.54) is 0 Å². The van der Waals surface area contributed by atoms with Crippen molar-refractivity contribution in [3.8, 4) is 16.9 Å². The van der Waals surface area contributed by atoms with E-state index in [0.717, 1.165) is 58.5 Å². The van der Waals surface area contributed by atoms with Crippen LogP contribution in [0.15, 0.2) is 36.7 Å². The molecule has 0 bridgehead atoms. The standard InChI is InChI=1S/C31H36FN3O3/c1-17-12-20(38-11-10-31(4,5)37)13-18(2)29(17)21-6-8-25(32)30-22(21)7-9-26(30)35-28-16-33-27(15-34-28)24-14-23(24)19(3)36/h6,8,12-13,15-16,23-24,26,37H,7,9-11,14H2,1-5H3,(H,34,35)/t23-,24+,26-/m1/s1. The number of ketones is 1. The molecule has 2 N–H and O–H groups in total. The number of carbonyl (C=O) groups is 1. The van der Waals surface area contributed by atoms with Gasteiger partial charge in [-0.15, -0.1) is 0 Å². The van der Waals surface area contributed by atoms with Crippen molar-refractivity contribution >= 4 is 11.6 Å². The first-order valence-corrected chi connectivity index (χ1v) is 13.4. The number of aromatic nitrogens is 2. The Morgan fingerprint density at radius 2 is 1.92 bits per heavy atom. The van der Waals surface area contributed by atoms with Crippen LogP contribution in [-0.4, -0.2) is 33.1 Å². The second kappa shape index (κ2) is 10.1. The molecule has 3 aromatic rings. The molecular weight excluding hydrogens is 481 g/mol. The number of halogens is 1. The number of hydrogen-bond acceptors (Lipinski definition) is 6. The molecule has 1 heterocycles. The minimum absolute atomic E-state index is 0.0672. The number of aryl methyl sites for hydroxylation is 2. The molecule has 0 spiro atoms. The van der Waals surface area contributed by atoms with Gasteiger partial charge in [0, 0.05) is 23.8 Å². The van der Waals surface area contributed by atoms with E-state index < -0.39 is 5.60 Å². The summed E-state index contributed by atoms with van der Waals surface area (Å²) in [5, 5.41) is 13.3. The van der Waals surface area contributed by atoms with Crippen molar-refractivity contribution < 1.29 is 19.0 Å². The van der Waals surface area contributed by atoms with Crippen LogP contribution in [0.2, 0.25) is 0 Å². The van der Waals surface area contributed by atoms with E-state index in [4.69, 9.17) is 4.74 Å². The fraction of sp³-hybridized carbons (Fsp3) is 0.452. The summed E-state index contributed by atoms with van der Waals surface area (Å²) in [5.74, 6) is 1.60. The lowest BCUT2D eigenvalue weighted by molar-refractivity contribution is -0.118. The highest BCUT2D eigenvalue weighted by atomic mass is 19.1. The van der Waals surface area contributed by atoms with Crippen LogP contribution in [0.5, 0.6) is 5.75 Å². The Kier molecular flexibility index (Phi) is 6.99. The Balaban J connectivity index is 1.36. The van der Waals surface area contributed by atoms with Crippen LogP contribution >= 0.6 is 0 Å². The molecule has 7 heteroatoms. The Morgan fingerprint density at radius 3 is 2.53 bits per heavy atom. The molecule has 0 radical (unpaired) electrons. The molecule has 5 rings (SSSR count). The molecule has 2 aliphatic rings. The molecule has 200 valence electrons. The lowest BCUT2D eigenvalue weighted by Crippen LogP contribution is -2.21. The Hall–Kier alpha value is -3.32. The van der Waals surface area contributed by atoms with Crippen molar-refractivity contribution in [1.82, 2.24) is 9.97 Å². The summed E-state index contributed by atoms with van der Waals surface area (Å²) in [5.41, 5.74) is 6.08. The number of hydrogen-bond donors (Lipinski definition) is 2. The Labute approximate surface area is 223 Å². The third kappa shape index (κ3) is 5.44. The highest BCUT2D eigenvalue weighted by Gasteiger charge is 2.43. The third-order valence-electron chi connectivity index (χ3n) is 7.78. The highest BCUT2D eigenvalue weighted by molar-refractivity contribution is 5.82. The maximum absolute atomic E-state index is 15.2. The minimum Gasteiger partial charge on any atom is -0.493 e. The summed E-state index contributed by atoms with van der Waals surface area (Å²) < 4.78 is 21.1. The van der Waals surface area contributed by atoms with Crippen molar-refractivity contribution in [2.24, 2.45) is 5.92 Å². The number of Topliss-reactive ketones (excluding diaryl/α,β-unsaturated/α-hetero) is 1. The van der Waals surface area contributed by atoms with E-state index in [0.29, 0.717) is 24.4 Å². The van der Waals surface area contributed by atoms with E-state index in [2.05, 4.69) is 29.1 Å². The summed E-state index contributed by atoms with van der Waals surface area (Å²) in [6, 6.07) is 7.28. The number of ether oxygens (including phenoxy) is 1. The van der Waals surface area contributed by atoms with Crippen LogP contribution in [0.4, 0.5) is 10.2 Å². The smallest absolute Gasteiger partial charge is 0.144 e. The monoisotopic (exact) mass is 517 g/mol. The first kappa shape index (κ1) is 26.3. The van der Waals surface area contributed by atoms with Crippen molar-refractivity contribution in [2.75, 3.05) is 11.9 Å². The van der Waals surface area contributed by atoms with Gasteiger partial charge in [-0.1, -0.05) is 6.07 Å².